The largest absolute Gasteiger partial charge is 0.385 e. The van der Waals surface area contributed by atoms with Gasteiger partial charge in [0.2, 0.25) is 5.95 Å². The molecular formula is C20H28N4O2. The molecule has 1 aromatic heterocycles. The number of aromatic nitrogens is 2. The maximum Gasteiger partial charge on any atom is 0.262 e. The van der Waals surface area contributed by atoms with E-state index in [4.69, 9.17) is 4.74 Å². The van der Waals surface area contributed by atoms with E-state index in [-0.39, 0.29) is 5.56 Å². The van der Waals surface area contributed by atoms with Crippen molar-refractivity contribution in [3.05, 3.63) is 34.6 Å². The van der Waals surface area contributed by atoms with Crippen molar-refractivity contribution >= 4 is 22.6 Å². The van der Waals surface area contributed by atoms with Gasteiger partial charge >= 0.3 is 0 Å². The van der Waals surface area contributed by atoms with Gasteiger partial charge in [0.25, 0.3) is 5.56 Å². The highest BCUT2D eigenvalue weighted by Crippen LogP contribution is 2.16. The van der Waals surface area contributed by atoms with Gasteiger partial charge in [-0.3, -0.25) is 9.36 Å². The average Bonchev–Trinajstić information content (AvgIpc) is 2.63. The molecule has 1 aliphatic rings. The normalized spacial score (nSPS) is 15.5. The maximum atomic E-state index is 12.9. The minimum absolute atomic E-state index is 0.0351. The van der Waals surface area contributed by atoms with Gasteiger partial charge in [0.15, 0.2) is 0 Å². The summed E-state index contributed by atoms with van der Waals surface area (Å²) in [5.74, 6) is 0.513. The first-order valence-electron chi connectivity index (χ1n) is 9.59. The van der Waals surface area contributed by atoms with Gasteiger partial charge in [-0.15, -0.1) is 0 Å². The quantitative estimate of drug-likeness (QED) is 0.629. The van der Waals surface area contributed by atoms with E-state index in [1.165, 1.54) is 37.8 Å². The second-order valence-electron chi connectivity index (χ2n) is 6.81. The number of nitrogens with one attached hydrogen (secondary N) is 1. The smallest absolute Gasteiger partial charge is 0.262 e. The number of hydrogen-bond acceptors (Lipinski definition) is 5. The summed E-state index contributed by atoms with van der Waals surface area (Å²) in [5, 5.41) is 5.24. The minimum atomic E-state index is -0.0351. The van der Waals surface area contributed by atoms with Crippen LogP contribution in [0.25, 0.3) is 10.9 Å². The zero-order valence-corrected chi connectivity index (χ0v) is 15.5. The van der Waals surface area contributed by atoms with E-state index in [0.717, 1.165) is 19.3 Å². The Morgan fingerprint density at radius 1 is 1.15 bits per heavy atom. The summed E-state index contributed by atoms with van der Waals surface area (Å²) in [6.07, 6.45) is 9.04. The molecule has 2 aromatic rings. The van der Waals surface area contributed by atoms with Crippen molar-refractivity contribution in [3.8, 4) is 0 Å². The van der Waals surface area contributed by atoms with E-state index in [9.17, 15) is 4.79 Å². The lowest BCUT2D eigenvalue weighted by molar-refractivity contribution is 0.190. The molecule has 26 heavy (non-hydrogen) atoms. The highest BCUT2D eigenvalue weighted by atomic mass is 16.5. The van der Waals surface area contributed by atoms with Crippen LogP contribution in [0.5, 0.6) is 0 Å². The molecule has 0 saturated heterocycles. The van der Waals surface area contributed by atoms with Gasteiger partial charge in [-0.25, -0.2) is 10.4 Å². The zero-order valence-electron chi connectivity index (χ0n) is 15.5. The lowest BCUT2D eigenvalue weighted by atomic mass is 9.99. The lowest BCUT2D eigenvalue weighted by Crippen LogP contribution is -2.25. The first-order valence-corrected chi connectivity index (χ1v) is 9.59. The van der Waals surface area contributed by atoms with E-state index in [2.05, 4.69) is 15.5 Å². The molecular weight excluding hydrogens is 328 g/mol. The van der Waals surface area contributed by atoms with Crippen LogP contribution in [0.1, 0.15) is 51.4 Å². The van der Waals surface area contributed by atoms with Gasteiger partial charge in [-0.1, -0.05) is 31.4 Å². The predicted molar refractivity (Wildman–Crippen MR) is 106 cm³/mol. The molecule has 3 rings (SSSR count). The van der Waals surface area contributed by atoms with Gasteiger partial charge in [0.05, 0.1) is 10.9 Å². The Hall–Kier alpha value is -2.21. The standard InChI is InChI=1S/C20H28N4O2/c1-26-15-9-14-24-19(25)17-12-7-8-13-18(17)21-20(24)23-22-16-10-5-3-2-4-6-11-16/h7-8,12-13H,2-6,9-11,14-15H2,1H3,(H,21,23). The molecule has 0 radical (unpaired) electrons. The van der Waals surface area contributed by atoms with Crippen LogP contribution in [-0.2, 0) is 11.3 Å². The van der Waals surface area contributed by atoms with Crippen LogP contribution in [0.3, 0.4) is 0 Å². The monoisotopic (exact) mass is 356 g/mol. The molecule has 6 heteroatoms. The summed E-state index contributed by atoms with van der Waals surface area (Å²) in [7, 11) is 1.67. The van der Waals surface area contributed by atoms with Crippen molar-refractivity contribution in [3.63, 3.8) is 0 Å². The number of fused-ring (bicyclic) bond motifs is 1. The molecule has 140 valence electrons. The lowest BCUT2D eigenvalue weighted by Gasteiger charge is -2.14. The number of ether oxygens (including phenoxy) is 1. The Kier molecular flexibility index (Phi) is 6.77. The fraction of sp³-hybridized carbons (Fsp3) is 0.550. The van der Waals surface area contributed by atoms with Crippen molar-refractivity contribution in [2.45, 2.75) is 57.9 Å². The van der Waals surface area contributed by atoms with Gasteiger partial charge in [0.1, 0.15) is 0 Å². The number of para-hydroxylation sites is 1. The maximum absolute atomic E-state index is 12.9. The van der Waals surface area contributed by atoms with Gasteiger partial charge in [-0.2, -0.15) is 5.10 Å². The van der Waals surface area contributed by atoms with Crippen molar-refractivity contribution in [1.29, 1.82) is 0 Å². The van der Waals surface area contributed by atoms with Crippen LogP contribution in [0.15, 0.2) is 34.2 Å². The summed E-state index contributed by atoms with van der Waals surface area (Å²) < 4.78 is 6.80. The molecule has 1 aliphatic carbocycles. The summed E-state index contributed by atoms with van der Waals surface area (Å²) in [6, 6.07) is 7.45. The molecule has 0 bridgehead atoms. The van der Waals surface area contributed by atoms with E-state index in [1.807, 2.05) is 24.3 Å². The van der Waals surface area contributed by atoms with E-state index < -0.39 is 0 Å². The Morgan fingerprint density at radius 2 is 1.88 bits per heavy atom. The van der Waals surface area contributed by atoms with Crippen LogP contribution < -0.4 is 11.0 Å². The van der Waals surface area contributed by atoms with Crippen LogP contribution in [-0.4, -0.2) is 29.0 Å². The summed E-state index contributed by atoms with van der Waals surface area (Å²) in [6.45, 7) is 1.16. The molecule has 1 fully saturated rings. The van der Waals surface area contributed by atoms with Crippen LogP contribution in [0.4, 0.5) is 5.95 Å². The molecule has 1 aromatic carbocycles. The Labute approximate surface area is 154 Å². The average molecular weight is 356 g/mol. The third-order valence-corrected chi connectivity index (χ3v) is 4.84. The van der Waals surface area contributed by atoms with E-state index >= 15 is 0 Å². The predicted octanol–water partition coefficient (Wildman–Crippen LogP) is 3.95. The first-order chi connectivity index (χ1) is 12.8. The highest BCUT2D eigenvalue weighted by Gasteiger charge is 2.11. The SMILES string of the molecule is COCCCn1c(NN=C2CCCCCCC2)nc2ccccc2c1=O. The summed E-state index contributed by atoms with van der Waals surface area (Å²) in [5.41, 5.74) is 4.93. The number of hydrazone groups is 1. The minimum Gasteiger partial charge on any atom is -0.385 e. The molecule has 1 heterocycles. The topological polar surface area (TPSA) is 68.5 Å². The Morgan fingerprint density at radius 3 is 2.65 bits per heavy atom. The van der Waals surface area contributed by atoms with Gasteiger partial charge in [0, 0.05) is 26.0 Å². The molecule has 0 aliphatic heterocycles. The number of hydrogen-bond donors (Lipinski definition) is 1. The van der Waals surface area contributed by atoms with Gasteiger partial charge < -0.3 is 4.74 Å². The fourth-order valence-corrected chi connectivity index (χ4v) is 3.38. The third-order valence-electron chi connectivity index (χ3n) is 4.84. The van der Waals surface area contributed by atoms with Crippen LogP contribution >= 0.6 is 0 Å². The zero-order chi connectivity index (χ0) is 18.2. The van der Waals surface area contributed by atoms with Crippen molar-refractivity contribution in [1.82, 2.24) is 9.55 Å². The number of methoxy groups -OCH3 is 1. The van der Waals surface area contributed by atoms with Gasteiger partial charge in [-0.05, 0) is 44.2 Å². The molecule has 0 unspecified atom stereocenters. The third kappa shape index (κ3) is 4.69. The first kappa shape index (κ1) is 18.6. The second-order valence-corrected chi connectivity index (χ2v) is 6.81. The van der Waals surface area contributed by atoms with Crippen molar-refractivity contribution < 1.29 is 4.74 Å². The molecule has 6 nitrogen and oxygen atoms in total. The number of nitrogens with zero attached hydrogens (tertiary/aromatic N) is 3. The molecule has 0 atom stereocenters. The number of rotatable bonds is 6. The summed E-state index contributed by atoms with van der Waals surface area (Å²) >= 11 is 0. The van der Waals surface area contributed by atoms with Crippen LogP contribution in [0, 0.1) is 0 Å². The second kappa shape index (κ2) is 9.48. The Balaban J connectivity index is 1.89. The molecule has 1 N–H and O–H groups in total. The molecule has 1 saturated carbocycles. The van der Waals surface area contributed by atoms with Crippen molar-refractivity contribution in [2.75, 3.05) is 19.1 Å². The number of benzene rings is 1. The fourth-order valence-electron chi connectivity index (χ4n) is 3.38. The van der Waals surface area contributed by atoms with Crippen LogP contribution in [0.2, 0.25) is 0 Å². The molecule has 0 spiro atoms. The van der Waals surface area contributed by atoms with E-state index in [0.29, 0.717) is 30.0 Å². The Bertz CT molecular complexity index is 803. The molecule has 0 amide bonds. The highest BCUT2D eigenvalue weighted by molar-refractivity contribution is 5.85. The van der Waals surface area contributed by atoms with Crippen molar-refractivity contribution in [2.24, 2.45) is 5.10 Å². The number of anilines is 1. The van der Waals surface area contributed by atoms with E-state index in [1.54, 1.807) is 11.7 Å². The summed E-state index contributed by atoms with van der Waals surface area (Å²) in [4.78, 5) is 17.5.